The Hall–Kier alpha value is -3.22. The fraction of sp³-hybridized carbons (Fsp3) is 0. The van der Waals surface area contributed by atoms with E-state index < -0.39 is 0 Å². The van der Waals surface area contributed by atoms with Crippen molar-refractivity contribution in [2.45, 2.75) is 0 Å². The van der Waals surface area contributed by atoms with Crippen molar-refractivity contribution in [1.29, 1.82) is 0 Å². The zero-order chi connectivity index (χ0) is 14.2. The topological polar surface area (TPSA) is 88.2 Å². The number of benzene rings is 2. The SMILES string of the molecule is Oc1ccc(Nc2nc3nnnn3c3ccccc23)cc1. The summed E-state index contributed by atoms with van der Waals surface area (Å²) in [7, 11) is 0. The van der Waals surface area contributed by atoms with E-state index in [9.17, 15) is 5.11 Å². The molecule has 0 radical (unpaired) electrons. The van der Waals surface area contributed by atoms with Gasteiger partial charge >= 0.3 is 0 Å². The lowest BCUT2D eigenvalue weighted by atomic mass is 10.2. The van der Waals surface area contributed by atoms with E-state index in [4.69, 9.17) is 0 Å². The average molecular weight is 278 g/mol. The van der Waals surface area contributed by atoms with Gasteiger partial charge in [0.25, 0.3) is 5.78 Å². The Kier molecular flexibility index (Phi) is 2.43. The highest BCUT2D eigenvalue weighted by Crippen LogP contribution is 2.25. The molecule has 2 heterocycles. The summed E-state index contributed by atoms with van der Waals surface area (Å²) in [4.78, 5) is 4.43. The number of para-hydroxylation sites is 1. The normalized spacial score (nSPS) is 11.0. The molecule has 0 aliphatic rings. The predicted octanol–water partition coefficient (Wildman–Crippen LogP) is 2.12. The second kappa shape index (κ2) is 4.41. The van der Waals surface area contributed by atoms with Crippen LogP contribution < -0.4 is 5.32 Å². The smallest absolute Gasteiger partial charge is 0.275 e. The Morgan fingerprint density at radius 3 is 2.67 bits per heavy atom. The predicted molar refractivity (Wildman–Crippen MR) is 77.5 cm³/mol. The van der Waals surface area contributed by atoms with Crippen molar-refractivity contribution in [2.75, 3.05) is 5.32 Å². The zero-order valence-electron chi connectivity index (χ0n) is 10.8. The number of fused-ring (bicyclic) bond motifs is 3. The highest BCUT2D eigenvalue weighted by molar-refractivity contribution is 5.92. The number of hydrogen-bond donors (Lipinski definition) is 2. The summed E-state index contributed by atoms with van der Waals surface area (Å²) >= 11 is 0. The Bertz CT molecular complexity index is 931. The third kappa shape index (κ3) is 1.91. The minimum Gasteiger partial charge on any atom is -0.508 e. The number of phenolic OH excluding ortho intramolecular Hbond substituents is 1. The van der Waals surface area contributed by atoms with Gasteiger partial charge in [0, 0.05) is 11.1 Å². The number of anilines is 2. The molecule has 0 spiro atoms. The number of aromatic nitrogens is 5. The molecule has 7 heteroatoms. The molecule has 2 N–H and O–H groups in total. The van der Waals surface area contributed by atoms with Crippen LogP contribution in [0.1, 0.15) is 0 Å². The van der Waals surface area contributed by atoms with Crippen LogP contribution in [0.25, 0.3) is 16.7 Å². The molecule has 7 nitrogen and oxygen atoms in total. The van der Waals surface area contributed by atoms with Crippen LogP contribution in [0.15, 0.2) is 48.5 Å². The molecule has 0 unspecified atom stereocenters. The molecule has 4 aromatic rings. The first-order valence-corrected chi connectivity index (χ1v) is 6.34. The van der Waals surface area contributed by atoms with E-state index in [0.717, 1.165) is 16.6 Å². The zero-order valence-corrected chi connectivity index (χ0v) is 10.8. The lowest BCUT2D eigenvalue weighted by Gasteiger charge is -2.09. The van der Waals surface area contributed by atoms with Crippen LogP contribution in [-0.2, 0) is 0 Å². The molecule has 102 valence electrons. The van der Waals surface area contributed by atoms with Crippen molar-refractivity contribution in [3.05, 3.63) is 48.5 Å². The van der Waals surface area contributed by atoms with Crippen molar-refractivity contribution in [3.63, 3.8) is 0 Å². The number of rotatable bonds is 2. The summed E-state index contributed by atoms with van der Waals surface area (Å²) in [5.74, 6) is 1.31. The monoisotopic (exact) mass is 278 g/mol. The van der Waals surface area contributed by atoms with E-state index >= 15 is 0 Å². The van der Waals surface area contributed by atoms with Crippen LogP contribution in [0.3, 0.4) is 0 Å². The third-order valence-corrected chi connectivity index (χ3v) is 3.18. The van der Waals surface area contributed by atoms with Crippen LogP contribution >= 0.6 is 0 Å². The largest absolute Gasteiger partial charge is 0.508 e. The van der Waals surface area contributed by atoms with E-state index in [1.54, 1.807) is 28.8 Å². The maximum absolute atomic E-state index is 9.33. The minimum atomic E-state index is 0.218. The van der Waals surface area contributed by atoms with Crippen LogP contribution in [0.5, 0.6) is 5.75 Å². The lowest BCUT2D eigenvalue weighted by molar-refractivity contribution is 0.475. The highest BCUT2D eigenvalue weighted by atomic mass is 16.3. The first-order valence-electron chi connectivity index (χ1n) is 6.34. The summed E-state index contributed by atoms with van der Waals surface area (Å²) in [6, 6.07) is 14.5. The highest BCUT2D eigenvalue weighted by Gasteiger charge is 2.10. The maximum Gasteiger partial charge on any atom is 0.275 e. The van der Waals surface area contributed by atoms with Crippen molar-refractivity contribution in [1.82, 2.24) is 25.0 Å². The Morgan fingerprint density at radius 2 is 1.81 bits per heavy atom. The second-order valence-electron chi connectivity index (χ2n) is 4.54. The van der Waals surface area contributed by atoms with Crippen molar-refractivity contribution in [2.24, 2.45) is 0 Å². The molecule has 4 rings (SSSR count). The van der Waals surface area contributed by atoms with Crippen molar-refractivity contribution < 1.29 is 5.11 Å². The molecular formula is C14H10N6O. The van der Waals surface area contributed by atoms with Crippen molar-refractivity contribution in [3.8, 4) is 5.75 Å². The first kappa shape index (κ1) is 11.6. The van der Waals surface area contributed by atoms with Crippen LogP contribution in [0.2, 0.25) is 0 Å². The first-order chi connectivity index (χ1) is 10.3. The van der Waals surface area contributed by atoms with E-state index in [1.165, 1.54) is 0 Å². The van der Waals surface area contributed by atoms with Gasteiger partial charge in [-0.05, 0) is 46.8 Å². The molecule has 2 aromatic carbocycles. The summed E-state index contributed by atoms with van der Waals surface area (Å²) in [6.45, 7) is 0. The summed E-state index contributed by atoms with van der Waals surface area (Å²) in [5.41, 5.74) is 1.69. The fourth-order valence-electron chi connectivity index (χ4n) is 2.20. The van der Waals surface area contributed by atoms with Crippen LogP contribution in [-0.4, -0.2) is 30.1 Å². The average Bonchev–Trinajstić information content (AvgIpc) is 2.98. The summed E-state index contributed by atoms with van der Waals surface area (Å²) in [5, 5.41) is 25.0. The third-order valence-electron chi connectivity index (χ3n) is 3.18. The maximum atomic E-state index is 9.33. The number of phenols is 1. The van der Waals surface area contributed by atoms with Gasteiger partial charge in [-0.3, -0.25) is 0 Å². The Morgan fingerprint density at radius 1 is 1.00 bits per heavy atom. The van der Waals surface area contributed by atoms with Gasteiger partial charge in [-0.25, -0.2) is 0 Å². The standard InChI is InChI=1S/C14H10N6O/c21-10-7-5-9(6-8-10)15-13-11-3-1-2-4-12(11)20-14(16-13)17-18-19-20/h1-8,21H,(H,15,16,17,19). The molecule has 0 aliphatic carbocycles. The molecule has 0 saturated carbocycles. The molecule has 21 heavy (non-hydrogen) atoms. The van der Waals surface area contributed by atoms with Gasteiger partial charge in [0.05, 0.1) is 5.52 Å². The number of tetrazole rings is 1. The molecule has 0 bridgehead atoms. The summed E-state index contributed by atoms with van der Waals surface area (Å²) in [6.07, 6.45) is 0. The van der Waals surface area contributed by atoms with Gasteiger partial charge in [0.15, 0.2) is 0 Å². The van der Waals surface area contributed by atoms with E-state index in [2.05, 4.69) is 25.8 Å². The molecule has 0 atom stereocenters. The number of hydrogen-bond acceptors (Lipinski definition) is 6. The van der Waals surface area contributed by atoms with E-state index in [1.807, 2.05) is 24.3 Å². The Balaban J connectivity index is 1.91. The molecule has 2 aromatic heterocycles. The Labute approximate surface area is 118 Å². The second-order valence-corrected chi connectivity index (χ2v) is 4.54. The van der Waals surface area contributed by atoms with Crippen LogP contribution in [0, 0.1) is 0 Å². The van der Waals surface area contributed by atoms with Gasteiger partial charge in [-0.1, -0.05) is 17.2 Å². The van der Waals surface area contributed by atoms with Gasteiger partial charge in [-0.2, -0.15) is 9.50 Å². The molecule has 0 aliphatic heterocycles. The van der Waals surface area contributed by atoms with Gasteiger partial charge in [-0.15, -0.1) is 0 Å². The molecule has 0 saturated heterocycles. The minimum absolute atomic E-state index is 0.218. The van der Waals surface area contributed by atoms with Crippen LogP contribution in [0.4, 0.5) is 11.5 Å². The number of nitrogens with zero attached hydrogens (tertiary/aromatic N) is 5. The van der Waals surface area contributed by atoms with Gasteiger partial charge < -0.3 is 10.4 Å². The van der Waals surface area contributed by atoms with Gasteiger partial charge in [0.2, 0.25) is 0 Å². The van der Waals surface area contributed by atoms with E-state index in [0.29, 0.717) is 11.6 Å². The fourth-order valence-corrected chi connectivity index (χ4v) is 2.20. The van der Waals surface area contributed by atoms with E-state index in [-0.39, 0.29) is 5.75 Å². The van der Waals surface area contributed by atoms with Crippen molar-refractivity contribution >= 4 is 28.2 Å². The summed E-state index contributed by atoms with van der Waals surface area (Å²) < 4.78 is 1.59. The molecular weight excluding hydrogens is 268 g/mol. The quantitative estimate of drug-likeness (QED) is 0.546. The lowest BCUT2D eigenvalue weighted by Crippen LogP contribution is -2.00. The molecule has 0 amide bonds. The van der Waals surface area contributed by atoms with Gasteiger partial charge in [0.1, 0.15) is 11.6 Å². The molecule has 0 fully saturated rings. The number of nitrogens with one attached hydrogen (secondary N) is 1. The number of aromatic hydroxyl groups is 1.